The number of anilines is 2. The maximum Gasteiger partial charge on any atom is 0.293 e. The van der Waals surface area contributed by atoms with Crippen molar-refractivity contribution in [3.8, 4) is 0 Å². The lowest BCUT2D eigenvalue weighted by Gasteiger charge is -2.12. The second-order valence-electron chi connectivity index (χ2n) is 6.49. The molecule has 8 heteroatoms. The molecule has 4 N–H and O–H groups in total. The normalized spacial score (nSPS) is 10.6. The van der Waals surface area contributed by atoms with Crippen LogP contribution >= 0.6 is 0 Å². The Morgan fingerprint density at radius 1 is 1.26 bits per heavy atom. The summed E-state index contributed by atoms with van der Waals surface area (Å²) in [5, 5.41) is 5.87. The summed E-state index contributed by atoms with van der Waals surface area (Å²) in [5.41, 5.74) is 6.83. The van der Waals surface area contributed by atoms with Crippen molar-refractivity contribution < 1.29 is 4.79 Å². The number of rotatable bonds is 10. The minimum Gasteiger partial charge on any atom is -0.384 e. The van der Waals surface area contributed by atoms with Crippen molar-refractivity contribution >= 4 is 17.5 Å². The Morgan fingerprint density at radius 3 is 2.81 bits per heavy atom. The number of pyridine rings is 1. The predicted octanol–water partition coefficient (Wildman–Crippen LogP) is 1.84. The van der Waals surface area contributed by atoms with Gasteiger partial charge in [0.1, 0.15) is 12.4 Å². The second-order valence-corrected chi connectivity index (χ2v) is 6.49. The molecule has 0 fully saturated rings. The lowest BCUT2D eigenvalue weighted by molar-refractivity contribution is -0.121. The van der Waals surface area contributed by atoms with Crippen LogP contribution in [0, 0.1) is 6.92 Å². The molecule has 2 aromatic heterocycles. The van der Waals surface area contributed by atoms with Crippen LogP contribution in [0.4, 0.5) is 11.6 Å². The van der Waals surface area contributed by atoms with Crippen LogP contribution < -0.4 is 21.9 Å². The summed E-state index contributed by atoms with van der Waals surface area (Å²) in [6.07, 6.45) is 7.64. The van der Waals surface area contributed by atoms with E-state index in [9.17, 15) is 9.59 Å². The minimum absolute atomic E-state index is 0.0573. The number of hydrogen-bond acceptors (Lipinski definition) is 6. The number of nitrogens with two attached hydrogens (primary N) is 1. The number of carbonyl (C=O) groups is 1. The quantitative estimate of drug-likeness (QED) is 0.548. The number of amides is 1. The van der Waals surface area contributed by atoms with Gasteiger partial charge in [-0.15, -0.1) is 0 Å². The van der Waals surface area contributed by atoms with Gasteiger partial charge in [-0.3, -0.25) is 14.2 Å². The molecule has 0 aliphatic rings. The first kappa shape index (κ1) is 20.4. The summed E-state index contributed by atoms with van der Waals surface area (Å²) in [5.74, 6) is 0.431. The highest BCUT2D eigenvalue weighted by atomic mass is 16.2. The lowest BCUT2D eigenvalue weighted by atomic mass is 10.2. The zero-order valence-electron chi connectivity index (χ0n) is 16.0. The fourth-order valence-electron chi connectivity index (χ4n) is 2.65. The standard InChI is InChI=1S/C19H28N6O2/c1-3-4-5-6-8-22-18-19(27)25(14(2)11-24-18)13-17(26)23-12-15-7-9-21-16(20)10-15/h7,9-11H,3-6,8,12-13H2,1-2H3,(H2,20,21)(H,22,24)(H,23,26). The third kappa shape index (κ3) is 6.40. The molecule has 146 valence electrons. The topological polar surface area (TPSA) is 115 Å². The number of unbranched alkanes of at least 4 members (excludes halogenated alkanes) is 3. The molecule has 8 nitrogen and oxygen atoms in total. The van der Waals surface area contributed by atoms with Crippen LogP contribution in [0.3, 0.4) is 0 Å². The van der Waals surface area contributed by atoms with Crippen LogP contribution in [0.1, 0.15) is 43.9 Å². The molecule has 0 saturated carbocycles. The number of nitrogen functional groups attached to an aromatic ring is 1. The molecular weight excluding hydrogens is 344 g/mol. The van der Waals surface area contributed by atoms with Gasteiger partial charge in [-0.25, -0.2) is 9.97 Å². The van der Waals surface area contributed by atoms with E-state index in [-0.39, 0.29) is 23.8 Å². The van der Waals surface area contributed by atoms with Gasteiger partial charge < -0.3 is 16.4 Å². The lowest BCUT2D eigenvalue weighted by Crippen LogP contribution is -2.34. The average Bonchev–Trinajstić information content (AvgIpc) is 2.65. The number of hydrogen-bond donors (Lipinski definition) is 3. The Kier molecular flexibility index (Phi) is 7.79. The molecule has 0 unspecified atom stereocenters. The smallest absolute Gasteiger partial charge is 0.293 e. The van der Waals surface area contributed by atoms with E-state index in [0.29, 0.717) is 24.6 Å². The van der Waals surface area contributed by atoms with Gasteiger partial charge in [0.15, 0.2) is 5.82 Å². The maximum atomic E-state index is 12.6. The second kappa shape index (κ2) is 10.3. The highest BCUT2D eigenvalue weighted by Crippen LogP contribution is 2.04. The van der Waals surface area contributed by atoms with Crippen LogP contribution in [0.5, 0.6) is 0 Å². The molecule has 0 aliphatic heterocycles. The van der Waals surface area contributed by atoms with E-state index in [1.165, 1.54) is 11.0 Å². The van der Waals surface area contributed by atoms with Gasteiger partial charge in [0.2, 0.25) is 5.91 Å². The molecule has 0 aromatic carbocycles. The minimum atomic E-state index is -0.284. The summed E-state index contributed by atoms with van der Waals surface area (Å²) in [6.45, 7) is 4.88. The van der Waals surface area contributed by atoms with Crippen LogP contribution in [-0.2, 0) is 17.9 Å². The van der Waals surface area contributed by atoms with Crippen LogP contribution in [-0.4, -0.2) is 27.0 Å². The van der Waals surface area contributed by atoms with Crippen molar-refractivity contribution in [3.63, 3.8) is 0 Å². The van der Waals surface area contributed by atoms with E-state index in [1.54, 1.807) is 31.5 Å². The first-order valence-corrected chi connectivity index (χ1v) is 9.28. The number of nitrogens with zero attached hydrogens (tertiary/aromatic N) is 3. The zero-order chi connectivity index (χ0) is 19.6. The van der Waals surface area contributed by atoms with Gasteiger partial charge in [0, 0.05) is 31.2 Å². The molecule has 27 heavy (non-hydrogen) atoms. The number of aromatic nitrogens is 3. The van der Waals surface area contributed by atoms with Crippen LogP contribution in [0.25, 0.3) is 0 Å². The van der Waals surface area contributed by atoms with Gasteiger partial charge in [0.25, 0.3) is 5.56 Å². The van der Waals surface area contributed by atoms with Crippen molar-refractivity contribution in [2.24, 2.45) is 0 Å². The SMILES string of the molecule is CCCCCCNc1ncc(C)n(CC(=O)NCc2ccnc(N)c2)c1=O. The van der Waals surface area contributed by atoms with E-state index < -0.39 is 0 Å². The van der Waals surface area contributed by atoms with E-state index in [0.717, 1.165) is 24.8 Å². The molecule has 0 saturated heterocycles. The first-order chi connectivity index (χ1) is 13.0. The summed E-state index contributed by atoms with van der Waals surface area (Å²) < 4.78 is 1.43. The van der Waals surface area contributed by atoms with Gasteiger partial charge in [-0.2, -0.15) is 0 Å². The molecule has 1 amide bonds. The summed E-state index contributed by atoms with van der Waals surface area (Å²) in [6, 6.07) is 3.48. The Bertz CT molecular complexity index is 818. The van der Waals surface area contributed by atoms with E-state index in [2.05, 4.69) is 27.5 Å². The summed E-state index contributed by atoms with van der Waals surface area (Å²) >= 11 is 0. The van der Waals surface area contributed by atoms with Gasteiger partial charge in [-0.05, 0) is 31.0 Å². The molecular formula is C19H28N6O2. The van der Waals surface area contributed by atoms with Crippen molar-refractivity contribution in [1.82, 2.24) is 19.9 Å². The molecule has 0 atom stereocenters. The summed E-state index contributed by atoms with van der Waals surface area (Å²) in [4.78, 5) is 32.9. The van der Waals surface area contributed by atoms with Gasteiger partial charge in [-0.1, -0.05) is 26.2 Å². The third-order valence-electron chi connectivity index (χ3n) is 4.21. The zero-order valence-corrected chi connectivity index (χ0v) is 16.0. The summed E-state index contributed by atoms with van der Waals surface area (Å²) in [7, 11) is 0. The van der Waals surface area contributed by atoms with Crippen molar-refractivity contribution in [1.29, 1.82) is 0 Å². The number of aryl methyl sites for hydroxylation is 1. The fraction of sp³-hybridized carbons (Fsp3) is 0.474. The van der Waals surface area contributed by atoms with E-state index >= 15 is 0 Å². The first-order valence-electron chi connectivity index (χ1n) is 9.28. The predicted molar refractivity (Wildman–Crippen MR) is 106 cm³/mol. The molecule has 0 spiro atoms. The number of nitrogens with one attached hydrogen (secondary N) is 2. The molecule has 0 aliphatic carbocycles. The Balaban J connectivity index is 1.95. The van der Waals surface area contributed by atoms with Gasteiger partial charge >= 0.3 is 0 Å². The molecule has 2 rings (SSSR count). The Morgan fingerprint density at radius 2 is 2.07 bits per heavy atom. The fourth-order valence-corrected chi connectivity index (χ4v) is 2.65. The maximum absolute atomic E-state index is 12.6. The monoisotopic (exact) mass is 372 g/mol. The van der Waals surface area contributed by atoms with E-state index in [1.807, 2.05) is 0 Å². The number of carbonyl (C=O) groups excluding carboxylic acids is 1. The molecule has 2 aromatic rings. The molecule has 0 radical (unpaired) electrons. The van der Waals surface area contributed by atoms with Crippen molar-refractivity contribution in [2.45, 2.75) is 52.6 Å². The highest BCUT2D eigenvalue weighted by Gasteiger charge is 2.11. The third-order valence-corrected chi connectivity index (χ3v) is 4.21. The Hall–Kier alpha value is -2.90. The molecule has 0 bridgehead atoms. The van der Waals surface area contributed by atoms with Gasteiger partial charge in [0.05, 0.1) is 0 Å². The highest BCUT2D eigenvalue weighted by molar-refractivity contribution is 5.75. The van der Waals surface area contributed by atoms with Crippen LogP contribution in [0.2, 0.25) is 0 Å². The average molecular weight is 372 g/mol. The van der Waals surface area contributed by atoms with Crippen LogP contribution in [0.15, 0.2) is 29.3 Å². The van der Waals surface area contributed by atoms with Crippen molar-refractivity contribution in [3.05, 3.63) is 46.1 Å². The largest absolute Gasteiger partial charge is 0.384 e. The van der Waals surface area contributed by atoms with Crippen molar-refractivity contribution in [2.75, 3.05) is 17.6 Å². The Labute approximate surface area is 159 Å². The van der Waals surface area contributed by atoms with E-state index in [4.69, 9.17) is 5.73 Å². The molecule has 2 heterocycles.